The minimum Gasteiger partial charge on any atom is -0.309 e. The average Bonchev–Trinajstić information content (AvgIpc) is 3.46. The first-order valence-electron chi connectivity index (χ1n) is 27.0. The van der Waals surface area contributed by atoms with E-state index in [0.29, 0.717) is 0 Å². The Kier molecular flexibility index (Phi) is 39.9. The van der Waals surface area contributed by atoms with Crippen molar-refractivity contribution in [1.82, 2.24) is 4.90 Å². The van der Waals surface area contributed by atoms with E-state index in [1.54, 1.807) is 0 Å². The van der Waals surface area contributed by atoms with Gasteiger partial charge in [0.1, 0.15) is 0 Å². The van der Waals surface area contributed by atoms with Gasteiger partial charge in [0, 0.05) is 0 Å². The maximum absolute atomic E-state index is 3.93. The number of fused-ring (bicyclic) bond motifs is 1. The van der Waals surface area contributed by atoms with E-state index in [4.69, 9.17) is 0 Å². The molecule has 1 nitrogen and oxygen atoms in total. The van der Waals surface area contributed by atoms with Gasteiger partial charge in [-0.05, 0) is 143 Å². The maximum atomic E-state index is 3.93. The van der Waals surface area contributed by atoms with E-state index in [1.165, 1.54) is 92.2 Å². The third-order valence-electron chi connectivity index (χ3n) is 11.1. The second-order valence-corrected chi connectivity index (χ2v) is 17.3. The molecule has 0 heterocycles. The van der Waals surface area contributed by atoms with Crippen molar-refractivity contribution < 1.29 is 0 Å². The van der Waals surface area contributed by atoms with Crippen molar-refractivity contribution in [2.75, 3.05) is 20.6 Å². The molecule has 6 aromatic carbocycles. The molecule has 0 amide bonds. The van der Waals surface area contributed by atoms with Gasteiger partial charge < -0.3 is 4.90 Å². The van der Waals surface area contributed by atoms with Gasteiger partial charge >= 0.3 is 0 Å². The number of allylic oxidation sites excluding steroid dienone is 15. The predicted octanol–water partition coefficient (Wildman–Crippen LogP) is 22.2. The highest BCUT2D eigenvalue weighted by atomic mass is 15.0. The van der Waals surface area contributed by atoms with Gasteiger partial charge in [0.25, 0.3) is 0 Å². The van der Waals surface area contributed by atoms with Crippen LogP contribution in [-0.2, 0) is 0 Å². The van der Waals surface area contributed by atoms with Crippen LogP contribution in [0.25, 0.3) is 39.6 Å². The smallest absolute Gasteiger partial charge is 0.00275 e. The molecular formula is C74H95N. The molecule has 0 aliphatic heterocycles. The quantitative estimate of drug-likeness (QED) is 0.0976. The minimum atomic E-state index is 1.12. The Balaban J connectivity index is 0.000000921. The van der Waals surface area contributed by atoms with E-state index in [-0.39, 0.29) is 0 Å². The average molecular weight is 999 g/mol. The molecule has 0 bridgehead atoms. The Morgan fingerprint density at radius 1 is 0.573 bits per heavy atom. The molecule has 0 radical (unpaired) electrons. The topological polar surface area (TPSA) is 3.24 Å². The summed E-state index contributed by atoms with van der Waals surface area (Å²) in [6, 6.07) is 50.6. The minimum absolute atomic E-state index is 1.12. The Morgan fingerprint density at radius 3 is 1.59 bits per heavy atom. The second-order valence-electron chi connectivity index (χ2n) is 17.3. The lowest BCUT2D eigenvalue weighted by Gasteiger charge is -2.12. The fraction of sp³-hybridized carbons (Fsp3) is 0.243. The van der Waals surface area contributed by atoms with Crippen molar-refractivity contribution in [1.29, 1.82) is 0 Å². The number of aryl methyl sites for hydroxylation is 3. The van der Waals surface area contributed by atoms with E-state index >= 15 is 0 Å². The highest BCUT2D eigenvalue weighted by molar-refractivity contribution is 5.96. The Bertz CT molecular complexity index is 2670. The van der Waals surface area contributed by atoms with Gasteiger partial charge in [0.15, 0.2) is 0 Å². The monoisotopic (exact) mass is 998 g/mol. The zero-order valence-corrected chi connectivity index (χ0v) is 48.6. The summed E-state index contributed by atoms with van der Waals surface area (Å²) < 4.78 is 0. The van der Waals surface area contributed by atoms with Crippen molar-refractivity contribution in [3.63, 3.8) is 0 Å². The van der Waals surface area contributed by atoms with E-state index in [2.05, 4.69) is 276 Å². The molecule has 6 aromatic rings. The van der Waals surface area contributed by atoms with Crippen LogP contribution in [0.15, 0.2) is 262 Å². The van der Waals surface area contributed by atoms with Crippen LogP contribution in [0.1, 0.15) is 114 Å². The van der Waals surface area contributed by atoms with Gasteiger partial charge in [0.05, 0.1) is 0 Å². The highest BCUT2D eigenvalue weighted by Gasteiger charge is 2.08. The first kappa shape index (κ1) is 67.7. The first-order valence-corrected chi connectivity index (χ1v) is 27.0. The Hall–Kier alpha value is -7.32. The fourth-order valence-corrected chi connectivity index (χ4v) is 7.34. The van der Waals surface area contributed by atoms with Crippen LogP contribution in [0, 0.1) is 20.8 Å². The third-order valence-corrected chi connectivity index (χ3v) is 11.1. The van der Waals surface area contributed by atoms with Crippen LogP contribution in [0.5, 0.6) is 0 Å². The molecule has 0 unspecified atom stereocenters. The number of rotatable bonds is 10. The Labute approximate surface area is 459 Å². The summed E-state index contributed by atoms with van der Waals surface area (Å²) in [5.41, 5.74) is 15.0. The van der Waals surface area contributed by atoms with Crippen molar-refractivity contribution >= 4 is 28.5 Å². The summed E-state index contributed by atoms with van der Waals surface area (Å²) in [4.78, 5) is 2.18. The van der Waals surface area contributed by atoms with Crippen molar-refractivity contribution in [3.8, 4) is 11.1 Å². The zero-order chi connectivity index (χ0) is 56.1. The summed E-state index contributed by atoms with van der Waals surface area (Å²) in [5, 5.41) is 2.62. The SMILES string of the molecule is C=C.C=C/C=C(\C=C/C1=CCCC=C1)C(=C/C)/c1ccccc1C=C.C=Cc1ccc(C)cc1.CC.CC.CC1=CCCC=C1.CCCN(C)C.Cc1ccc(-c2cccc3ccccc23)cc1.Cc1ccccc1. The summed E-state index contributed by atoms with van der Waals surface area (Å²) in [5.74, 6) is 0. The van der Waals surface area contributed by atoms with E-state index in [0.717, 1.165) is 24.0 Å². The van der Waals surface area contributed by atoms with Crippen molar-refractivity contribution in [2.24, 2.45) is 0 Å². The zero-order valence-electron chi connectivity index (χ0n) is 48.6. The van der Waals surface area contributed by atoms with Gasteiger partial charge in [-0.15, -0.1) is 13.2 Å². The van der Waals surface area contributed by atoms with E-state index < -0.39 is 0 Å². The van der Waals surface area contributed by atoms with Crippen LogP contribution in [0.3, 0.4) is 0 Å². The fourth-order valence-electron chi connectivity index (χ4n) is 7.34. The van der Waals surface area contributed by atoms with Crippen LogP contribution < -0.4 is 0 Å². The van der Waals surface area contributed by atoms with Gasteiger partial charge in [-0.25, -0.2) is 0 Å². The number of hydrogen-bond acceptors (Lipinski definition) is 1. The van der Waals surface area contributed by atoms with Crippen LogP contribution in [-0.4, -0.2) is 25.5 Å². The van der Waals surface area contributed by atoms with E-state index in [9.17, 15) is 0 Å². The lowest BCUT2D eigenvalue weighted by atomic mass is 9.92. The van der Waals surface area contributed by atoms with Crippen LogP contribution >= 0.6 is 0 Å². The molecule has 0 atom stereocenters. The lowest BCUT2D eigenvalue weighted by molar-refractivity contribution is 0.408. The predicted molar refractivity (Wildman–Crippen MR) is 346 cm³/mol. The summed E-state index contributed by atoms with van der Waals surface area (Å²) in [6.07, 6.45) is 33.4. The molecule has 396 valence electrons. The van der Waals surface area contributed by atoms with Gasteiger partial charge in [-0.1, -0.05) is 301 Å². The van der Waals surface area contributed by atoms with Crippen LogP contribution in [0.2, 0.25) is 0 Å². The van der Waals surface area contributed by atoms with Crippen molar-refractivity contribution in [2.45, 2.75) is 101 Å². The summed E-state index contributed by atoms with van der Waals surface area (Å²) in [6.45, 7) is 39.3. The lowest BCUT2D eigenvalue weighted by Crippen LogP contribution is -2.11. The Morgan fingerprint density at radius 2 is 1.12 bits per heavy atom. The van der Waals surface area contributed by atoms with Gasteiger partial charge in [-0.3, -0.25) is 0 Å². The molecule has 0 saturated heterocycles. The molecule has 0 N–H and O–H groups in total. The van der Waals surface area contributed by atoms with Crippen molar-refractivity contribution in [3.05, 3.63) is 295 Å². The molecule has 75 heavy (non-hydrogen) atoms. The molecule has 2 aliphatic rings. The number of nitrogens with zero attached hydrogens (tertiary/aromatic N) is 1. The molecule has 0 spiro atoms. The standard InChI is InChI=1S/C23H24.C17H14.C9H10.C7H10.C7H8.C5H13N.2C2H6.C2H4/c1-4-12-21(18-17-19-13-8-7-9-14-19)22(6-3)23-16-11-10-15-20(23)5-2;1-13-9-11-15(12-10-13)17-8-4-6-14-5-2-3-7-16(14)17;1-3-9-6-4-8(2)5-7-9;2*1-7-5-3-2-4-6-7;1-4-5-6(2)3;3*1-2/h4-6,8,10-18H,1-2,7,9H2,3H3;2-12H,1H3;3-7H,1H2,2H3;3,5-6H,2,4H2,1H3;2-6H,1H3;4-5H2,1-3H3;2*1-2H3;1-2H2/b18-17-,21-12+,22-6-;;;;;;;;. The first-order chi connectivity index (χ1) is 36.5. The second kappa shape index (κ2) is 44.2. The van der Waals surface area contributed by atoms with E-state index in [1.807, 2.05) is 70.2 Å². The van der Waals surface area contributed by atoms with Gasteiger partial charge in [-0.2, -0.15) is 0 Å². The molecule has 1 heteroatoms. The molecule has 2 aliphatic carbocycles. The van der Waals surface area contributed by atoms with Crippen LogP contribution in [0.4, 0.5) is 0 Å². The normalized spacial score (nSPS) is 11.9. The molecular weight excluding hydrogens is 903 g/mol. The third kappa shape index (κ3) is 29.2. The number of hydrogen-bond donors (Lipinski definition) is 0. The summed E-state index contributed by atoms with van der Waals surface area (Å²) >= 11 is 0. The summed E-state index contributed by atoms with van der Waals surface area (Å²) in [7, 11) is 4.17. The largest absolute Gasteiger partial charge is 0.309 e. The van der Waals surface area contributed by atoms with Gasteiger partial charge in [0.2, 0.25) is 0 Å². The highest BCUT2D eigenvalue weighted by Crippen LogP contribution is 2.30. The molecule has 8 rings (SSSR count). The maximum Gasteiger partial charge on any atom is -0.00275 e. The molecule has 0 saturated carbocycles. The number of benzene rings is 6. The molecule has 0 fully saturated rings. The molecule has 0 aromatic heterocycles.